The van der Waals surface area contributed by atoms with Gasteiger partial charge in [-0.3, -0.25) is 4.90 Å². The Labute approximate surface area is 101 Å². The summed E-state index contributed by atoms with van der Waals surface area (Å²) in [5, 5.41) is 13.3. The van der Waals surface area contributed by atoms with Crippen LogP contribution in [0.25, 0.3) is 0 Å². The molecule has 0 aliphatic carbocycles. The van der Waals surface area contributed by atoms with Crippen molar-refractivity contribution in [1.82, 2.24) is 4.90 Å². The molecule has 3 rings (SSSR count). The predicted octanol–water partition coefficient (Wildman–Crippen LogP) is 1.06. The maximum Gasteiger partial charge on any atom is 0.120 e. The monoisotopic (exact) mass is 234 g/mol. The SMILES string of the molecule is Oc1cccc2c1CC(N1CCOCC1)CN2. The minimum absolute atomic E-state index is 0.410. The van der Waals surface area contributed by atoms with Crippen LogP contribution in [-0.4, -0.2) is 48.9 Å². The summed E-state index contributed by atoms with van der Waals surface area (Å²) in [7, 11) is 0. The Hall–Kier alpha value is -1.26. The van der Waals surface area contributed by atoms with Gasteiger partial charge >= 0.3 is 0 Å². The second-order valence-electron chi connectivity index (χ2n) is 4.69. The lowest BCUT2D eigenvalue weighted by molar-refractivity contribution is 0.0186. The van der Waals surface area contributed by atoms with E-state index in [0.717, 1.165) is 50.5 Å². The summed E-state index contributed by atoms with van der Waals surface area (Å²) in [6, 6.07) is 6.16. The van der Waals surface area contributed by atoms with Gasteiger partial charge in [-0.15, -0.1) is 0 Å². The largest absolute Gasteiger partial charge is 0.508 e. The molecule has 92 valence electrons. The maximum absolute atomic E-state index is 9.89. The van der Waals surface area contributed by atoms with Gasteiger partial charge in [0.25, 0.3) is 0 Å². The molecule has 1 unspecified atom stereocenters. The number of nitrogens with one attached hydrogen (secondary N) is 1. The van der Waals surface area contributed by atoms with E-state index in [1.165, 1.54) is 0 Å². The van der Waals surface area contributed by atoms with Gasteiger partial charge in [-0.05, 0) is 18.6 Å². The van der Waals surface area contributed by atoms with E-state index in [1.54, 1.807) is 6.07 Å². The Morgan fingerprint density at radius 3 is 2.94 bits per heavy atom. The first-order valence-corrected chi connectivity index (χ1v) is 6.21. The number of hydrogen-bond acceptors (Lipinski definition) is 4. The molecule has 4 nitrogen and oxygen atoms in total. The molecule has 0 aromatic heterocycles. The molecule has 2 N–H and O–H groups in total. The van der Waals surface area contributed by atoms with Gasteiger partial charge in [0.1, 0.15) is 5.75 Å². The molecule has 2 heterocycles. The molecule has 17 heavy (non-hydrogen) atoms. The molecular weight excluding hydrogens is 216 g/mol. The Balaban J connectivity index is 1.77. The van der Waals surface area contributed by atoms with E-state index < -0.39 is 0 Å². The summed E-state index contributed by atoms with van der Waals surface area (Å²) in [6.45, 7) is 4.59. The van der Waals surface area contributed by atoms with Gasteiger partial charge < -0.3 is 15.2 Å². The van der Waals surface area contributed by atoms with Crippen LogP contribution < -0.4 is 5.32 Å². The molecule has 0 radical (unpaired) electrons. The highest BCUT2D eigenvalue weighted by Crippen LogP contribution is 2.31. The Morgan fingerprint density at radius 1 is 1.29 bits per heavy atom. The molecule has 0 spiro atoms. The van der Waals surface area contributed by atoms with E-state index in [9.17, 15) is 5.11 Å². The van der Waals surface area contributed by atoms with E-state index in [0.29, 0.717) is 11.8 Å². The molecule has 0 saturated carbocycles. The topological polar surface area (TPSA) is 44.7 Å². The lowest BCUT2D eigenvalue weighted by Gasteiger charge is -2.37. The average Bonchev–Trinajstić information content (AvgIpc) is 2.40. The van der Waals surface area contributed by atoms with Gasteiger partial charge in [0, 0.05) is 36.9 Å². The molecule has 1 aromatic rings. The predicted molar refractivity (Wildman–Crippen MR) is 66.5 cm³/mol. The summed E-state index contributed by atoms with van der Waals surface area (Å²) < 4.78 is 5.37. The number of fused-ring (bicyclic) bond motifs is 1. The third-order valence-corrected chi connectivity index (χ3v) is 3.68. The fraction of sp³-hybridized carbons (Fsp3) is 0.538. The van der Waals surface area contributed by atoms with Gasteiger partial charge in [0.2, 0.25) is 0 Å². The fourth-order valence-electron chi connectivity index (χ4n) is 2.69. The van der Waals surface area contributed by atoms with Crippen LogP contribution in [0.1, 0.15) is 5.56 Å². The average molecular weight is 234 g/mol. The second-order valence-corrected chi connectivity index (χ2v) is 4.69. The number of phenolic OH excluding ortho intramolecular Hbond substituents is 1. The number of aromatic hydroxyl groups is 1. The fourth-order valence-corrected chi connectivity index (χ4v) is 2.69. The summed E-state index contributed by atoms with van der Waals surface area (Å²) in [4.78, 5) is 2.45. The number of nitrogens with zero attached hydrogens (tertiary/aromatic N) is 1. The number of rotatable bonds is 1. The van der Waals surface area contributed by atoms with Crippen molar-refractivity contribution in [2.24, 2.45) is 0 Å². The molecule has 0 amide bonds. The highest BCUT2D eigenvalue weighted by atomic mass is 16.5. The summed E-state index contributed by atoms with van der Waals surface area (Å²) in [5.41, 5.74) is 2.13. The first-order chi connectivity index (χ1) is 8.34. The number of anilines is 1. The van der Waals surface area contributed by atoms with Crippen molar-refractivity contribution in [2.75, 3.05) is 38.2 Å². The lowest BCUT2D eigenvalue weighted by Crippen LogP contribution is -2.49. The van der Waals surface area contributed by atoms with Crippen molar-refractivity contribution in [3.05, 3.63) is 23.8 Å². The zero-order chi connectivity index (χ0) is 11.7. The van der Waals surface area contributed by atoms with Crippen LogP contribution in [0.4, 0.5) is 5.69 Å². The Kier molecular flexibility index (Phi) is 2.91. The summed E-state index contributed by atoms with van der Waals surface area (Å²) in [5.74, 6) is 0.410. The quantitative estimate of drug-likeness (QED) is 0.762. The number of hydrogen-bond donors (Lipinski definition) is 2. The second kappa shape index (κ2) is 4.55. The molecule has 1 aromatic carbocycles. The van der Waals surface area contributed by atoms with Crippen LogP contribution in [0, 0.1) is 0 Å². The van der Waals surface area contributed by atoms with Crippen molar-refractivity contribution in [2.45, 2.75) is 12.5 Å². The smallest absolute Gasteiger partial charge is 0.120 e. The van der Waals surface area contributed by atoms with E-state index in [1.807, 2.05) is 12.1 Å². The molecular formula is C13H18N2O2. The third-order valence-electron chi connectivity index (χ3n) is 3.68. The van der Waals surface area contributed by atoms with Crippen molar-refractivity contribution < 1.29 is 9.84 Å². The van der Waals surface area contributed by atoms with Crippen molar-refractivity contribution in [1.29, 1.82) is 0 Å². The highest BCUT2D eigenvalue weighted by molar-refractivity contribution is 5.59. The third kappa shape index (κ3) is 2.10. The number of phenols is 1. The lowest BCUT2D eigenvalue weighted by atomic mass is 9.97. The minimum atomic E-state index is 0.410. The first kappa shape index (κ1) is 10.9. The maximum atomic E-state index is 9.89. The van der Waals surface area contributed by atoms with Gasteiger partial charge in [-0.2, -0.15) is 0 Å². The molecule has 1 saturated heterocycles. The van der Waals surface area contributed by atoms with Crippen LogP contribution in [0.5, 0.6) is 5.75 Å². The number of morpholine rings is 1. The minimum Gasteiger partial charge on any atom is -0.508 e. The van der Waals surface area contributed by atoms with E-state index in [2.05, 4.69) is 10.2 Å². The molecule has 1 fully saturated rings. The van der Waals surface area contributed by atoms with Crippen LogP contribution in [0.3, 0.4) is 0 Å². The molecule has 0 bridgehead atoms. The molecule has 2 aliphatic heterocycles. The van der Waals surface area contributed by atoms with Crippen molar-refractivity contribution in [3.8, 4) is 5.75 Å². The van der Waals surface area contributed by atoms with E-state index in [4.69, 9.17) is 4.74 Å². The normalized spacial score (nSPS) is 25.1. The highest BCUT2D eigenvalue weighted by Gasteiger charge is 2.26. The van der Waals surface area contributed by atoms with Gasteiger partial charge in [-0.25, -0.2) is 0 Å². The van der Waals surface area contributed by atoms with E-state index in [-0.39, 0.29) is 0 Å². The van der Waals surface area contributed by atoms with Gasteiger partial charge in [0.15, 0.2) is 0 Å². The van der Waals surface area contributed by atoms with Gasteiger partial charge in [-0.1, -0.05) is 6.07 Å². The molecule has 4 heteroatoms. The van der Waals surface area contributed by atoms with Gasteiger partial charge in [0.05, 0.1) is 13.2 Å². The summed E-state index contributed by atoms with van der Waals surface area (Å²) >= 11 is 0. The van der Waals surface area contributed by atoms with E-state index >= 15 is 0 Å². The zero-order valence-electron chi connectivity index (χ0n) is 9.85. The standard InChI is InChI=1S/C13H18N2O2/c16-13-3-1-2-12-11(13)8-10(9-14-12)15-4-6-17-7-5-15/h1-3,10,14,16H,4-9H2. The Bertz CT molecular complexity index is 402. The van der Waals surface area contributed by atoms with Crippen molar-refractivity contribution in [3.63, 3.8) is 0 Å². The van der Waals surface area contributed by atoms with Crippen LogP contribution >= 0.6 is 0 Å². The van der Waals surface area contributed by atoms with Crippen LogP contribution in [-0.2, 0) is 11.2 Å². The van der Waals surface area contributed by atoms with Crippen LogP contribution in [0.2, 0.25) is 0 Å². The van der Waals surface area contributed by atoms with Crippen LogP contribution in [0.15, 0.2) is 18.2 Å². The molecule has 2 aliphatic rings. The summed E-state index contributed by atoms with van der Waals surface area (Å²) in [6.07, 6.45) is 0.926. The number of benzene rings is 1. The zero-order valence-corrected chi connectivity index (χ0v) is 9.85. The first-order valence-electron chi connectivity index (χ1n) is 6.21. The Morgan fingerprint density at radius 2 is 2.12 bits per heavy atom. The molecule has 1 atom stereocenters. The number of ether oxygens (including phenoxy) is 1. The van der Waals surface area contributed by atoms with Crippen molar-refractivity contribution >= 4 is 5.69 Å².